The Balaban J connectivity index is 2.56. The molecule has 6 heteroatoms. The Hall–Kier alpha value is -1.56. The molecule has 1 aromatic carbocycles. The molecule has 0 aliphatic rings. The van der Waals surface area contributed by atoms with Crippen molar-refractivity contribution < 1.29 is 13.2 Å². The first-order valence-electron chi connectivity index (χ1n) is 5.46. The molecule has 0 unspecified atom stereocenters. The summed E-state index contributed by atoms with van der Waals surface area (Å²) in [6, 6.07) is 5.09. The molecule has 18 heavy (non-hydrogen) atoms. The Morgan fingerprint density at radius 3 is 2.28 bits per heavy atom. The summed E-state index contributed by atoms with van der Waals surface area (Å²) in [7, 11) is 1.83. The molecule has 0 amide bonds. The van der Waals surface area contributed by atoms with Gasteiger partial charge in [0.15, 0.2) is 0 Å². The quantitative estimate of drug-likeness (QED) is 0.630. The molecule has 0 saturated carbocycles. The minimum absolute atomic E-state index is 0.106. The van der Waals surface area contributed by atoms with Gasteiger partial charge in [-0.2, -0.15) is 13.2 Å². The highest BCUT2D eigenvalue weighted by molar-refractivity contribution is 5.76. The molecule has 0 atom stereocenters. The number of halogens is 3. The molecule has 0 bridgehead atoms. The predicted molar refractivity (Wildman–Crippen MR) is 64.3 cm³/mol. The maximum absolute atomic E-state index is 12.3. The number of benzene rings is 1. The first kappa shape index (κ1) is 14.5. The second-order valence-corrected chi connectivity index (χ2v) is 4.21. The minimum Gasteiger partial charge on any atom is -0.388 e. The van der Waals surface area contributed by atoms with Gasteiger partial charge in [0.05, 0.1) is 11.4 Å². The number of hydrogen-bond donors (Lipinski definition) is 2. The van der Waals surface area contributed by atoms with Crippen molar-refractivity contribution in [1.82, 2.24) is 4.90 Å². The van der Waals surface area contributed by atoms with E-state index in [9.17, 15) is 13.2 Å². The molecule has 1 rings (SSSR count). The Bertz CT molecular complexity index is 398. The van der Waals surface area contributed by atoms with Crippen LogP contribution in [0, 0.1) is 5.41 Å². The molecule has 0 saturated heterocycles. The summed E-state index contributed by atoms with van der Waals surface area (Å²) >= 11 is 0. The molecule has 0 heterocycles. The normalized spacial score (nSPS) is 11.8. The van der Waals surface area contributed by atoms with E-state index >= 15 is 0 Å². The van der Waals surface area contributed by atoms with Gasteiger partial charge in [-0.05, 0) is 24.7 Å². The lowest BCUT2D eigenvalue weighted by molar-refractivity contribution is -0.137. The average Bonchev–Trinajstić information content (AvgIpc) is 2.26. The lowest BCUT2D eigenvalue weighted by atomic mass is 10.1. The van der Waals surface area contributed by atoms with Crippen molar-refractivity contribution in [3.63, 3.8) is 0 Å². The van der Waals surface area contributed by atoms with Crippen LogP contribution in [-0.4, -0.2) is 24.3 Å². The molecular weight excluding hydrogens is 243 g/mol. The van der Waals surface area contributed by atoms with Crippen LogP contribution >= 0.6 is 0 Å². The molecule has 3 N–H and O–H groups in total. The lowest BCUT2D eigenvalue weighted by Gasteiger charge is -2.16. The minimum atomic E-state index is -4.29. The number of alkyl halides is 3. The van der Waals surface area contributed by atoms with Crippen LogP contribution in [0.15, 0.2) is 24.3 Å². The van der Waals surface area contributed by atoms with Crippen LogP contribution in [0.3, 0.4) is 0 Å². The van der Waals surface area contributed by atoms with Gasteiger partial charge in [-0.1, -0.05) is 12.1 Å². The van der Waals surface area contributed by atoms with Crippen LogP contribution in [0.25, 0.3) is 0 Å². The Morgan fingerprint density at radius 1 is 1.28 bits per heavy atom. The first-order valence-corrected chi connectivity index (χ1v) is 5.46. The van der Waals surface area contributed by atoms with Gasteiger partial charge in [-0.3, -0.25) is 5.41 Å². The van der Waals surface area contributed by atoms with E-state index in [0.29, 0.717) is 19.5 Å². The molecule has 0 aliphatic carbocycles. The zero-order valence-electron chi connectivity index (χ0n) is 10.1. The number of amidine groups is 1. The number of nitrogens with one attached hydrogen (secondary N) is 1. The van der Waals surface area contributed by atoms with Gasteiger partial charge in [0.1, 0.15) is 0 Å². The fraction of sp³-hybridized carbons (Fsp3) is 0.417. The van der Waals surface area contributed by atoms with Gasteiger partial charge in [0.25, 0.3) is 0 Å². The molecule has 0 aromatic heterocycles. The highest BCUT2D eigenvalue weighted by Gasteiger charge is 2.29. The van der Waals surface area contributed by atoms with Crippen molar-refractivity contribution in [2.75, 3.05) is 13.6 Å². The monoisotopic (exact) mass is 259 g/mol. The molecule has 3 nitrogen and oxygen atoms in total. The van der Waals surface area contributed by atoms with Crippen LogP contribution in [0.1, 0.15) is 17.5 Å². The summed E-state index contributed by atoms with van der Waals surface area (Å²) in [5, 5.41) is 7.09. The zero-order valence-corrected chi connectivity index (χ0v) is 10.1. The SMILES string of the molecule is CN(CCC(=N)N)Cc1ccc(C(F)(F)F)cc1. The summed E-state index contributed by atoms with van der Waals surface area (Å²) in [6.07, 6.45) is -3.84. The van der Waals surface area contributed by atoms with Crippen molar-refractivity contribution in [2.45, 2.75) is 19.1 Å². The van der Waals surface area contributed by atoms with E-state index in [-0.39, 0.29) is 5.84 Å². The van der Waals surface area contributed by atoms with Crippen molar-refractivity contribution in [2.24, 2.45) is 5.73 Å². The van der Waals surface area contributed by atoms with Gasteiger partial charge >= 0.3 is 6.18 Å². The predicted octanol–water partition coefficient (Wildman–Crippen LogP) is 2.46. The molecule has 0 spiro atoms. The summed E-state index contributed by atoms with van der Waals surface area (Å²) in [5.41, 5.74) is 5.39. The fourth-order valence-electron chi connectivity index (χ4n) is 1.50. The zero-order chi connectivity index (χ0) is 13.8. The van der Waals surface area contributed by atoms with Gasteiger partial charge in [-0.25, -0.2) is 0 Å². The van der Waals surface area contributed by atoms with Crippen molar-refractivity contribution >= 4 is 5.84 Å². The number of nitrogens with two attached hydrogens (primary N) is 1. The van der Waals surface area contributed by atoms with Crippen molar-refractivity contribution in [3.8, 4) is 0 Å². The fourth-order valence-corrected chi connectivity index (χ4v) is 1.50. The Morgan fingerprint density at radius 2 is 1.83 bits per heavy atom. The largest absolute Gasteiger partial charge is 0.416 e. The van der Waals surface area contributed by atoms with Crippen LogP contribution in [0.2, 0.25) is 0 Å². The van der Waals surface area contributed by atoms with Gasteiger partial charge in [-0.15, -0.1) is 0 Å². The van der Waals surface area contributed by atoms with Gasteiger partial charge in [0.2, 0.25) is 0 Å². The summed E-state index contributed by atoms with van der Waals surface area (Å²) in [5.74, 6) is 0.106. The average molecular weight is 259 g/mol. The highest BCUT2D eigenvalue weighted by atomic mass is 19.4. The third-order valence-corrected chi connectivity index (χ3v) is 2.50. The maximum Gasteiger partial charge on any atom is 0.416 e. The van der Waals surface area contributed by atoms with Crippen LogP contribution in [0.5, 0.6) is 0 Å². The van der Waals surface area contributed by atoms with Crippen LogP contribution in [-0.2, 0) is 12.7 Å². The molecule has 0 aliphatic heterocycles. The number of hydrogen-bond acceptors (Lipinski definition) is 2. The van der Waals surface area contributed by atoms with Crippen molar-refractivity contribution in [1.29, 1.82) is 5.41 Å². The smallest absolute Gasteiger partial charge is 0.388 e. The van der Waals surface area contributed by atoms with E-state index in [1.165, 1.54) is 12.1 Å². The second-order valence-electron chi connectivity index (χ2n) is 4.21. The molecule has 100 valence electrons. The van der Waals surface area contributed by atoms with Gasteiger partial charge in [0, 0.05) is 19.5 Å². The van der Waals surface area contributed by atoms with Crippen LogP contribution < -0.4 is 5.73 Å². The molecule has 0 fully saturated rings. The summed E-state index contributed by atoms with van der Waals surface area (Å²) in [4.78, 5) is 1.91. The second kappa shape index (κ2) is 5.86. The number of rotatable bonds is 5. The van der Waals surface area contributed by atoms with Crippen molar-refractivity contribution in [3.05, 3.63) is 35.4 Å². The standard InChI is InChI=1S/C12H16F3N3/c1-18(7-6-11(16)17)8-9-2-4-10(5-3-9)12(13,14)15/h2-5H,6-8H2,1H3,(H3,16,17). The van der Waals surface area contributed by atoms with Gasteiger partial charge < -0.3 is 10.6 Å². The molecular formula is C12H16F3N3. The van der Waals surface area contributed by atoms with E-state index in [4.69, 9.17) is 11.1 Å². The summed E-state index contributed by atoms with van der Waals surface area (Å²) < 4.78 is 37.0. The maximum atomic E-state index is 12.3. The third-order valence-electron chi connectivity index (χ3n) is 2.50. The Kier molecular flexibility index (Phi) is 4.72. The van der Waals surface area contributed by atoms with E-state index in [1.807, 2.05) is 11.9 Å². The number of nitrogens with zero attached hydrogens (tertiary/aromatic N) is 1. The lowest BCUT2D eigenvalue weighted by Crippen LogP contribution is -2.23. The summed E-state index contributed by atoms with van der Waals surface area (Å²) in [6.45, 7) is 1.14. The highest BCUT2D eigenvalue weighted by Crippen LogP contribution is 2.29. The third kappa shape index (κ3) is 4.75. The Labute approximate surface area is 104 Å². The van der Waals surface area contributed by atoms with Crippen LogP contribution in [0.4, 0.5) is 13.2 Å². The van der Waals surface area contributed by atoms with E-state index < -0.39 is 11.7 Å². The first-order chi connectivity index (χ1) is 8.29. The molecule has 1 aromatic rings. The van der Waals surface area contributed by atoms with E-state index in [2.05, 4.69) is 0 Å². The van der Waals surface area contributed by atoms with E-state index in [1.54, 1.807) is 0 Å². The molecule has 0 radical (unpaired) electrons. The van der Waals surface area contributed by atoms with E-state index in [0.717, 1.165) is 17.7 Å². The topological polar surface area (TPSA) is 53.1 Å².